The smallest absolute Gasteiger partial charge is 0.315 e. The quantitative estimate of drug-likeness (QED) is 0.233. The average Bonchev–Trinajstić information content (AvgIpc) is 3.10. The van der Waals surface area contributed by atoms with E-state index in [9.17, 15) is 9.59 Å². The van der Waals surface area contributed by atoms with Crippen molar-refractivity contribution in [3.63, 3.8) is 0 Å². The van der Waals surface area contributed by atoms with E-state index in [1.165, 1.54) is 16.7 Å². The molecule has 0 N–H and O–H groups in total. The average molecular weight is 486 g/mol. The fraction of sp³-hybridized carbons (Fsp3) is 0.381. The Morgan fingerprint density at radius 2 is 1.97 bits per heavy atom. The fourth-order valence-corrected chi connectivity index (χ4v) is 4.99. The molecule has 1 aromatic rings. The van der Waals surface area contributed by atoms with Crippen LogP contribution in [0.2, 0.25) is 0 Å². The van der Waals surface area contributed by atoms with Crippen LogP contribution in [0.5, 0.6) is 5.75 Å². The second-order valence-corrected chi connectivity index (χ2v) is 10.3. The van der Waals surface area contributed by atoms with Crippen molar-refractivity contribution in [2.75, 3.05) is 20.3 Å². The Kier molecular flexibility index (Phi) is 7.30. The highest BCUT2D eigenvalue weighted by atomic mass is 35.5. The van der Waals surface area contributed by atoms with Gasteiger partial charge in [0.1, 0.15) is 14.6 Å². The van der Waals surface area contributed by atoms with E-state index in [0.29, 0.717) is 28.1 Å². The number of allylic oxidation sites excluding steroid dienone is 1. The summed E-state index contributed by atoms with van der Waals surface area (Å²) in [5.41, 5.74) is 0.562. The number of benzene rings is 1. The minimum atomic E-state index is -0.317. The molecule has 0 radical (unpaired) electrons. The summed E-state index contributed by atoms with van der Waals surface area (Å²) in [5, 5.41) is 0. The molecule has 1 aliphatic carbocycles. The molecule has 0 bridgehead atoms. The number of thioether (sulfide) groups is 1. The Hall–Kier alpha value is -1.38. The van der Waals surface area contributed by atoms with E-state index in [0.717, 1.165) is 5.56 Å². The summed E-state index contributed by atoms with van der Waals surface area (Å²) in [6.45, 7) is 4.80. The molecule has 2 fully saturated rings. The highest BCUT2D eigenvalue weighted by Crippen LogP contribution is 2.60. The summed E-state index contributed by atoms with van der Waals surface area (Å²) in [4.78, 5) is 27.1. The lowest BCUT2D eigenvalue weighted by Crippen LogP contribution is -2.31. The molecule has 160 valence electrons. The van der Waals surface area contributed by atoms with Gasteiger partial charge in [0.2, 0.25) is 0 Å². The molecule has 0 unspecified atom stereocenters. The summed E-state index contributed by atoms with van der Waals surface area (Å²) in [5.74, 6) is -0.354. The number of amides is 1. The zero-order chi connectivity index (χ0) is 22.1. The molecule has 2 aliphatic rings. The number of hydrogen-bond acceptors (Lipinski definition) is 6. The van der Waals surface area contributed by atoms with Gasteiger partial charge >= 0.3 is 5.97 Å². The second-order valence-electron chi connectivity index (χ2n) is 7.60. The van der Waals surface area contributed by atoms with Crippen LogP contribution in [0.15, 0.2) is 39.7 Å². The van der Waals surface area contributed by atoms with Crippen molar-refractivity contribution in [2.45, 2.75) is 13.8 Å². The van der Waals surface area contributed by atoms with Crippen LogP contribution >= 0.6 is 47.2 Å². The number of nitrogens with zero attached hydrogens (tertiary/aromatic N) is 1. The van der Waals surface area contributed by atoms with Crippen molar-refractivity contribution in [1.82, 2.24) is 4.90 Å². The van der Waals surface area contributed by atoms with Crippen LogP contribution in [0, 0.1) is 17.3 Å². The van der Waals surface area contributed by atoms with Crippen molar-refractivity contribution in [3.8, 4) is 5.75 Å². The van der Waals surface area contributed by atoms with Crippen molar-refractivity contribution < 1.29 is 19.1 Å². The van der Waals surface area contributed by atoms with Crippen LogP contribution in [-0.2, 0) is 14.3 Å². The number of methoxy groups -OCH3 is 1. The van der Waals surface area contributed by atoms with Crippen molar-refractivity contribution in [2.24, 2.45) is 17.3 Å². The Balaban J connectivity index is 1.64. The van der Waals surface area contributed by atoms with E-state index < -0.39 is 0 Å². The maximum atomic E-state index is 12.5. The fourth-order valence-electron chi connectivity index (χ4n) is 3.41. The number of carbonyl (C=O) groups excluding carboxylic acids is 2. The van der Waals surface area contributed by atoms with Gasteiger partial charge in [-0.15, -0.1) is 0 Å². The first-order valence-electron chi connectivity index (χ1n) is 9.24. The van der Waals surface area contributed by atoms with Crippen molar-refractivity contribution >= 4 is 69.5 Å². The van der Waals surface area contributed by atoms with Crippen LogP contribution in [-0.4, -0.2) is 41.4 Å². The van der Waals surface area contributed by atoms with E-state index in [1.807, 2.05) is 13.8 Å². The van der Waals surface area contributed by atoms with Gasteiger partial charge in [0.05, 0.1) is 24.0 Å². The summed E-state index contributed by atoms with van der Waals surface area (Å²) >= 11 is 18.0. The molecule has 3 rings (SSSR count). The summed E-state index contributed by atoms with van der Waals surface area (Å²) < 4.78 is 11.2. The van der Waals surface area contributed by atoms with Crippen LogP contribution in [0.1, 0.15) is 19.4 Å². The molecule has 1 heterocycles. The topological polar surface area (TPSA) is 55.8 Å². The third kappa shape index (κ3) is 5.08. The van der Waals surface area contributed by atoms with Gasteiger partial charge in [-0.05, 0) is 41.2 Å². The third-order valence-corrected chi connectivity index (χ3v) is 6.89. The number of hydrogen-bond donors (Lipinski definition) is 0. The number of ether oxygens (including phenoxy) is 2. The molecule has 0 spiro atoms. The standard InChI is InChI=1S/C21H21Cl2NO4S2/c1-21(2)14(11-16(22)23)17(21)19(26)28-13-6-4-12(5-7-13)10-15-18(25)24(8-9-27-3)20(29)30-15/h4-7,10-11,14,17H,8-9H2,1-3H3/b15-10-/t14-,17-/m1/s1. The molecule has 9 heteroatoms. The van der Waals surface area contributed by atoms with Gasteiger partial charge in [0, 0.05) is 7.11 Å². The Morgan fingerprint density at radius 3 is 2.57 bits per heavy atom. The van der Waals surface area contributed by atoms with Gasteiger partial charge in [0.25, 0.3) is 5.91 Å². The molecule has 2 atom stereocenters. The van der Waals surface area contributed by atoms with Gasteiger partial charge in [0.15, 0.2) is 0 Å². The number of rotatable bonds is 7. The summed E-state index contributed by atoms with van der Waals surface area (Å²) in [7, 11) is 1.58. The lowest BCUT2D eigenvalue weighted by Gasteiger charge is -2.12. The van der Waals surface area contributed by atoms with E-state index in [4.69, 9.17) is 44.9 Å². The van der Waals surface area contributed by atoms with E-state index in [-0.39, 0.29) is 33.6 Å². The SMILES string of the molecule is COCCN1C(=O)/C(=C/c2ccc(OC(=O)[C@H]3[C@@H](C=C(Cl)Cl)C3(C)C)cc2)SC1=S. The molecule has 1 aliphatic heterocycles. The molecule has 1 amide bonds. The first kappa shape index (κ1) is 23.3. The highest BCUT2D eigenvalue weighted by molar-refractivity contribution is 8.26. The Morgan fingerprint density at radius 1 is 1.30 bits per heavy atom. The molecule has 1 aromatic carbocycles. The molecular formula is C21H21Cl2NO4S2. The Labute approximate surface area is 195 Å². The largest absolute Gasteiger partial charge is 0.426 e. The number of esters is 1. The molecular weight excluding hydrogens is 465 g/mol. The van der Waals surface area contributed by atoms with E-state index in [2.05, 4.69) is 0 Å². The second kappa shape index (κ2) is 9.40. The van der Waals surface area contributed by atoms with Gasteiger partial charge in [-0.2, -0.15) is 0 Å². The lowest BCUT2D eigenvalue weighted by molar-refractivity contribution is -0.136. The number of halogens is 2. The van der Waals surface area contributed by atoms with Gasteiger partial charge in [-0.25, -0.2) is 0 Å². The van der Waals surface area contributed by atoms with Crippen LogP contribution in [0.3, 0.4) is 0 Å². The summed E-state index contributed by atoms with van der Waals surface area (Å²) in [6, 6.07) is 6.97. The normalized spacial score (nSPS) is 23.6. The third-order valence-electron chi connectivity index (χ3n) is 5.26. The zero-order valence-corrected chi connectivity index (χ0v) is 19.8. The minimum absolute atomic E-state index is 0.0469. The minimum Gasteiger partial charge on any atom is -0.426 e. The number of carbonyl (C=O) groups is 2. The molecule has 5 nitrogen and oxygen atoms in total. The number of thiocarbonyl (C=S) groups is 1. The van der Waals surface area contributed by atoms with Gasteiger partial charge in [-0.1, -0.05) is 73.2 Å². The van der Waals surface area contributed by atoms with E-state index in [1.54, 1.807) is 43.5 Å². The molecule has 1 saturated heterocycles. The maximum absolute atomic E-state index is 12.5. The van der Waals surface area contributed by atoms with Crippen molar-refractivity contribution in [1.29, 1.82) is 0 Å². The molecule has 0 aromatic heterocycles. The molecule has 1 saturated carbocycles. The van der Waals surface area contributed by atoms with Gasteiger partial charge < -0.3 is 9.47 Å². The van der Waals surface area contributed by atoms with Gasteiger partial charge in [-0.3, -0.25) is 14.5 Å². The monoisotopic (exact) mass is 485 g/mol. The maximum Gasteiger partial charge on any atom is 0.315 e. The highest BCUT2D eigenvalue weighted by Gasteiger charge is 2.61. The zero-order valence-electron chi connectivity index (χ0n) is 16.7. The first-order chi connectivity index (χ1) is 14.1. The summed E-state index contributed by atoms with van der Waals surface area (Å²) in [6.07, 6.45) is 3.45. The van der Waals surface area contributed by atoms with Crippen LogP contribution < -0.4 is 4.74 Å². The van der Waals surface area contributed by atoms with Crippen LogP contribution in [0.25, 0.3) is 6.08 Å². The lowest BCUT2D eigenvalue weighted by atomic mass is 10.1. The molecule has 30 heavy (non-hydrogen) atoms. The van der Waals surface area contributed by atoms with E-state index >= 15 is 0 Å². The predicted molar refractivity (Wildman–Crippen MR) is 124 cm³/mol. The first-order valence-corrected chi connectivity index (χ1v) is 11.2. The van der Waals surface area contributed by atoms with Crippen molar-refractivity contribution in [3.05, 3.63) is 45.3 Å². The Bertz CT molecular complexity index is 923. The van der Waals surface area contributed by atoms with Crippen LogP contribution in [0.4, 0.5) is 0 Å². The predicted octanol–water partition coefficient (Wildman–Crippen LogP) is 5.03.